The van der Waals surface area contributed by atoms with E-state index in [0.29, 0.717) is 24.6 Å². The number of carbonyl (C=O) groups is 2. The lowest BCUT2D eigenvalue weighted by atomic mass is 10.1. The number of rotatable bonds is 10. The van der Waals surface area contributed by atoms with Gasteiger partial charge in [0.2, 0.25) is 5.91 Å². The first-order chi connectivity index (χ1) is 13.7. The fourth-order valence-electron chi connectivity index (χ4n) is 2.69. The molecule has 5 heteroatoms. The van der Waals surface area contributed by atoms with Gasteiger partial charge in [-0.3, -0.25) is 9.59 Å². The summed E-state index contributed by atoms with van der Waals surface area (Å²) in [5.74, 6) is -0.0924. The Labute approximate surface area is 169 Å². The Bertz CT molecular complexity index is 874. The van der Waals surface area contributed by atoms with Gasteiger partial charge in [-0.15, -0.1) is 11.3 Å². The van der Waals surface area contributed by atoms with Gasteiger partial charge in [-0.2, -0.15) is 0 Å². The minimum Gasteiger partial charge on any atom is -0.372 e. The number of benzene rings is 2. The summed E-state index contributed by atoms with van der Waals surface area (Å²) in [6.45, 7) is 1.59. The molecular formula is C23H23NO3S. The molecule has 0 saturated heterocycles. The molecule has 4 nitrogen and oxygen atoms in total. The van der Waals surface area contributed by atoms with E-state index in [1.54, 1.807) is 6.07 Å². The highest BCUT2D eigenvalue weighted by Crippen LogP contribution is 2.12. The topological polar surface area (TPSA) is 55.4 Å². The van der Waals surface area contributed by atoms with E-state index < -0.39 is 0 Å². The van der Waals surface area contributed by atoms with Crippen molar-refractivity contribution < 1.29 is 14.3 Å². The van der Waals surface area contributed by atoms with E-state index in [9.17, 15) is 9.59 Å². The first-order valence-corrected chi connectivity index (χ1v) is 10.1. The Morgan fingerprint density at radius 2 is 1.46 bits per heavy atom. The van der Waals surface area contributed by atoms with Crippen LogP contribution in [0.15, 0.2) is 72.1 Å². The number of ketones is 1. The second kappa shape index (κ2) is 10.5. The van der Waals surface area contributed by atoms with Crippen LogP contribution in [0, 0.1) is 0 Å². The average Bonchev–Trinajstić information content (AvgIpc) is 3.27. The lowest BCUT2D eigenvalue weighted by Crippen LogP contribution is -2.23. The van der Waals surface area contributed by atoms with Crippen LogP contribution in [0.1, 0.15) is 39.2 Å². The third-order valence-electron chi connectivity index (χ3n) is 4.27. The number of hydrogen-bond donors (Lipinski definition) is 1. The molecule has 0 atom stereocenters. The third-order valence-corrected chi connectivity index (χ3v) is 5.18. The van der Waals surface area contributed by atoms with E-state index in [2.05, 4.69) is 5.32 Å². The van der Waals surface area contributed by atoms with Crippen molar-refractivity contribution in [3.8, 4) is 0 Å². The monoisotopic (exact) mass is 393 g/mol. The maximum Gasteiger partial charge on any atom is 0.220 e. The van der Waals surface area contributed by atoms with E-state index in [0.717, 1.165) is 16.7 Å². The van der Waals surface area contributed by atoms with Crippen LogP contribution in [-0.4, -0.2) is 11.7 Å². The summed E-state index contributed by atoms with van der Waals surface area (Å²) < 4.78 is 5.73. The highest BCUT2D eigenvalue weighted by atomic mass is 32.1. The number of thiophene rings is 1. The van der Waals surface area contributed by atoms with Crippen molar-refractivity contribution in [3.63, 3.8) is 0 Å². The number of carbonyl (C=O) groups excluding carboxylic acids is 2. The van der Waals surface area contributed by atoms with Crippen LogP contribution in [0.2, 0.25) is 0 Å². The summed E-state index contributed by atoms with van der Waals surface area (Å²) in [5, 5.41) is 4.73. The van der Waals surface area contributed by atoms with Crippen LogP contribution in [0.3, 0.4) is 0 Å². The van der Waals surface area contributed by atoms with Crippen LogP contribution in [0.4, 0.5) is 0 Å². The molecule has 0 fully saturated rings. The molecule has 0 radical (unpaired) electrons. The SMILES string of the molecule is O=C(CCC(=O)c1cccs1)NCc1ccc(COCc2ccccc2)cc1. The zero-order valence-corrected chi connectivity index (χ0v) is 16.4. The Hall–Kier alpha value is -2.76. The molecular weight excluding hydrogens is 370 g/mol. The van der Waals surface area contributed by atoms with E-state index in [1.807, 2.05) is 66.0 Å². The molecule has 1 heterocycles. The predicted molar refractivity (Wildman–Crippen MR) is 111 cm³/mol. The van der Waals surface area contributed by atoms with Crippen molar-refractivity contribution >= 4 is 23.0 Å². The van der Waals surface area contributed by atoms with E-state index in [1.165, 1.54) is 11.3 Å². The normalized spacial score (nSPS) is 10.6. The van der Waals surface area contributed by atoms with E-state index in [-0.39, 0.29) is 24.5 Å². The van der Waals surface area contributed by atoms with Gasteiger partial charge in [0.1, 0.15) is 0 Å². The number of amides is 1. The first kappa shape index (κ1) is 20.0. The molecule has 3 aromatic rings. The molecule has 1 aromatic heterocycles. The van der Waals surface area contributed by atoms with Crippen molar-refractivity contribution in [1.29, 1.82) is 0 Å². The van der Waals surface area contributed by atoms with Gasteiger partial charge in [-0.25, -0.2) is 0 Å². The summed E-state index contributed by atoms with van der Waals surface area (Å²) in [5.41, 5.74) is 3.26. The van der Waals surface area contributed by atoms with Crippen molar-refractivity contribution in [2.45, 2.75) is 32.6 Å². The first-order valence-electron chi connectivity index (χ1n) is 9.23. The molecule has 144 valence electrons. The second-order valence-electron chi connectivity index (χ2n) is 6.47. The number of ether oxygens (including phenoxy) is 1. The van der Waals surface area contributed by atoms with Crippen LogP contribution in [0.5, 0.6) is 0 Å². The Kier molecular flexibility index (Phi) is 7.53. The molecule has 0 aliphatic heterocycles. The average molecular weight is 394 g/mol. The Balaban J connectivity index is 1.35. The molecule has 0 spiro atoms. The molecule has 1 amide bonds. The van der Waals surface area contributed by atoms with Crippen LogP contribution in [0.25, 0.3) is 0 Å². The molecule has 0 unspecified atom stereocenters. The van der Waals surface area contributed by atoms with Gasteiger partial charge in [0.05, 0.1) is 18.1 Å². The van der Waals surface area contributed by atoms with Gasteiger partial charge in [0, 0.05) is 19.4 Å². The van der Waals surface area contributed by atoms with Crippen LogP contribution >= 0.6 is 11.3 Å². The van der Waals surface area contributed by atoms with Gasteiger partial charge < -0.3 is 10.1 Å². The number of Topliss-reactive ketones (excluding diaryl/α,β-unsaturated/α-hetero) is 1. The van der Waals surface area contributed by atoms with Crippen molar-refractivity contribution in [3.05, 3.63) is 93.7 Å². The van der Waals surface area contributed by atoms with Gasteiger partial charge in [-0.05, 0) is 28.1 Å². The molecule has 2 aromatic carbocycles. The van der Waals surface area contributed by atoms with Crippen LogP contribution in [-0.2, 0) is 29.3 Å². The maximum atomic E-state index is 12.0. The van der Waals surface area contributed by atoms with Gasteiger partial charge in [0.25, 0.3) is 0 Å². The molecule has 3 rings (SSSR count). The lowest BCUT2D eigenvalue weighted by molar-refractivity contribution is -0.121. The third kappa shape index (κ3) is 6.44. The molecule has 28 heavy (non-hydrogen) atoms. The zero-order valence-electron chi connectivity index (χ0n) is 15.6. The minimum atomic E-state index is -0.111. The van der Waals surface area contributed by atoms with Gasteiger partial charge in [-0.1, -0.05) is 60.7 Å². The summed E-state index contributed by atoms with van der Waals surface area (Å²) >= 11 is 1.41. The van der Waals surface area contributed by atoms with Crippen molar-refractivity contribution in [1.82, 2.24) is 5.32 Å². The summed E-state index contributed by atoms with van der Waals surface area (Å²) in [6.07, 6.45) is 0.451. The quantitative estimate of drug-likeness (QED) is 0.506. The predicted octanol–water partition coefficient (Wildman–Crippen LogP) is 4.74. The fraction of sp³-hybridized carbons (Fsp3) is 0.217. The Morgan fingerprint density at radius 3 is 2.14 bits per heavy atom. The summed E-state index contributed by atoms with van der Waals surface area (Å²) in [6, 6.07) is 21.7. The van der Waals surface area contributed by atoms with Crippen LogP contribution < -0.4 is 5.32 Å². The van der Waals surface area contributed by atoms with Gasteiger partial charge in [0.15, 0.2) is 5.78 Å². The fourth-order valence-corrected chi connectivity index (χ4v) is 3.39. The molecule has 0 aliphatic rings. The van der Waals surface area contributed by atoms with Crippen molar-refractivity contribution in [2.75, 3.05) is 0 Å². The highest BCUT2D eigenvalue weighted by molar-refractivity contribution is 7.12. The summed E-state index contributed by atoms with van der Waals surface area (Å²) in [7, 11) is 0. The largest absolute Gasteiger partial charge is 0.372 e. The van der Waals surface area contributed by atoms with Gasteiger partial charge >= 0.3 is 0 Å². The molecule has 0 bridgehead atoms. The standard InChI is InChI=1S/C23H23NO3S/c25-21(22-7-4-14-28-22)12-13-23(26)24-15-18-8-10-20(11-9-18)17-27-16-19-5-2-1-3-6-19/h1-11,14H,12-13,15-17H2,(H,24,26). The number of hydrogen-bond acceptors (Lipinski definition) is 4. The molecule has 0 aliphatic carbocycles. The van der Waals surface area contributed by atoms with Crippen molar-refractivity contribution in [2.24, 2.45) is 0 Å². The van der Waals surface area contributed by atoms with E-state index >= 15 is 0 Å². The minimum absolute atomic E-state index is 0.0185. The lowest BCUT2D eigenvalue weighted by Gasteiger charge is -2.07. The Morgan fingerprint density at radius 1 is 0.786 bits per heavy atom. The highest BCUT2D eigenvalue weighted by Gasteiger charge is 2.10. The smallest absolute Gasteiger partial charge is 0.220 e. The summed E-state index contributed by atoms with van der Waals surface area (Å²) in [4.78, 5) is 24.6. The molecule has 0 saturated carbocycles. The second-order valence-corrected chi connectivity index (χ2v) is 7.42. The maximum absolute atomic E-state index is 12.0. The molecule has 1 N–H and O–H groups in total. The zero-order chi connectivity index (χ0) is 19.6. The number of nitrogens with one attached hydrogen (secondary N) is 1. The van der Waals surface area contributed by atoms with E-state index in [4.69, 9.17) is 4.74 Å².